The standard InChI is InChI=1S/C20H16N4/c1-12-18(15-11-24(2)17-10-6-4-7-13(15)17)19-14-8-3-5-9-16(14)21-20(19)23-22-12/h3-11H,1-2H3,(H,21,23). The Morgan fingerprint density at radius 3 is 2.54 bits per heavy atom. The Labute approximate surface area is 138 Å². The first kappa shape index (κ1) is 13.3. The lowest BCUT2D eigenvalue weighted by Crippen LogP contribution is -1.92. The van der Waals surface area contributed by atoms with E-state index in [1.807, 2.05) is 13.0 Å². The summed E-state index contributed by atoms with van der Waals surface area (Å²) in [6, 6.07) is 16.8. The summed E-state index contributed by atoms with van der Waals surface area (Å²) in [6.45, 7) is 2.03. The Morgan fingerprint density at radius 1 is 0.917 bits per heavy atom. The highest BCUT2D eigenvalue weighted by Gasteiger charge is 2.18. The smallest absolute Gasteiger partial charge is 0.161 e. The predicted molar refractivity (Wildman–Crippen MR) is 98.0 cm³/mol. The number of hydrogen-bond donors (Lipinski definition) is 1. The number of nitrogens with one attached hydrogen (secondary N) is 1. The number of benzene rings is 2. The van der Waals surface area contributed by atoms with Gasteiger partial charge in [0.25, 0.3) is 0 Å². The van der Waals surface area contributed by atoms with Crippen molar-refractivity contribution in [2.24, 2.45) is 7.05 Å². The lowest BCUT2D eigenvalue weighted by atomic mass is 9.99. The molecule has 4 heteroatoms. The van der Waals surface area contributed by atoms with E-state index < -0.39 is 0 Å². The van der Waals surface area contributed by atoms with Crippen LogP contribution in [0.4, 0.5) is 0 Å². The van der Waals surface area contributed by atoms with E-state index in [4.69, 9.17) is 0 Å². The summed E-state index contributed by atoms with van der Waals surface area (Å²) in [6.07, 6.45) is 2.19. The largest absolute Gasteiger partial charge is 0.350 e. The number of hydrogen-bond acceptors (Lipinski definition) is 2. The Balaban J connectivity index is 2.00. The highest BCUT2D eigenvalue weighted by atomic mass is 15.1. The molecule has 0 amide bonds. The van der Waals surface area contributed by atoms with Crippen LogP contribution in [0.5, 0.6) is 0 Å². The van der Waals surface area contributed by atoms with Gasteiger partial charge in [-0.2, -0.15) is 5.10 Å². The normalized spacial score (nSPS) is 11.8. The Kier molecular flexibility index (Phi) is 2.59. The second-order valence-electron chi connectivity index (χ2n) is 6.23. The molecule has 24 heavy (non-hydrogen) atoms. The van der Waals surface area contributed by atoms with E-state index in [-0.39, 0.29) is 0 Å². The van der Waals surface area contributed by atoms with Gasteiger partial charge in [-0.05, 0) is 19.1 Å². The first-order valence-electron chi connectivity index (χ1n) is 8.02. The van der Waals surface area contributed by atoms with Crippen molar-refractivity contribution in [3.05, 3.63) is 60.4 Å². The van der Waals surface area contributed by atoms with E-state index in [9.17, 15) is 0 Å². The molecule has 0 radical (unpaired) electrons. The predicted octanol–water partition coefficient (Wildman–Crippen LogP) is 4.58. The minimum atomic E-state index is 0.838. The number of aromatic amines is 1. The first-order valence-corrected chi connectivity index (χ1v) is 8.02. The van der Waals surface area contributed by atoms with Gasteiger partial charge < -0.3 is 9.55 Å². The molecule has 0 saturated carbocycles. The molecule has 3 heterocycles. The van der Waals surface area contributed by atoms with Crippen LogP contribution in [0.25, 0.3) is 44.0 Å². The van der Waals surface area contributed by atoms with Crippen molar-refractivity contribution < 1.29 is 0 Å². The highest BCUT2D eigenvalue weighted by Crippen LogP contribution is 2.38. The van der Waals surface area contributed by atoms with E-state index in [1.54, 1.807) is 0 Å². The van der Waals surface area contributed by atoms with Crippen molar-refractivity contribution in [3.63, 3.8) is 0 Å². The number of para-hydroxylation sites is 2. The molecular formula is C20H16N4. The molecule has 3 aromatic heterocycles. The number of rotatable bonds is 1. The minimum absolute atomic E-state index is 0.838. The fraction of sp³-hybridized carbons (Fsp3) is 0.100. The van der Waals surface area contributed by atoms with Gasteiger partial charge in [-0.3, -0.25) is 0 Å². The first-order chi connectivity index (χ1) is 11.7. The van der Waals surface area contributed by atoms with E-state index in [2.05, 4.69) is 75.5 Å². The lowest BCUT2D eigenvalue weighted by Gasteiger charge is -2.06. The van der Waals surface area contributed by atoms with Crippen molar-refractivity contribution in [1.29, 1.82) is 0 Å². The third-order valence-corrected chi connectivity index (χ3v) is 4.76. The van der Waals surface area contributed by atoms with Gasteiger partial charge in [0.15, 0.2) is 5.65 Å². The summed E-state index contributed by atoms with van der Waals surface area (Å²) >= 11 is 0. The molecule has 0 atom stereocenters. The molecule has 116 valence electrons. The van der Waals surface area contributed by atoms with E-state index >= 15 is 0 Å². The number of H-pyrrole nitrogens is 1. The average molecular weight is 312 g/mol. The van der Waals surface area contributed by atoms with Crippen molar-refractivity contribution in [3.8, 4) is 11.1 Å². The Hall–Kier alpha value is -3.14. The molecule has 1 N–H and O–H groups in total. The topological polar surface area (TPSA) is 46.5 Å². The van der Waals surface area contributed by atoms with E-state index in [0.717, 1.165) is 27.8 Å². The molecule has 0 fully saturated rings. The summed E-state index contributed by atoms with van der Waals surface area (Å²) in [7, 11) is 2.09. The molecule has 0 aliphatic rings. The fourth-order valence-electron chi connectivity index (χ4n) is 3.68. The van der Waals surface area contributed by atoms with Crippen LogP contribution in [-0.2, 0) is 7.05 Å². The molecule has 0 spiro atoms. The molecule has 4 nitrogen and oxygen atoms in total. The van der Waals surface area contributed by atoms with Crippen LogP contribution in [0.15, 0.2) is 54.7 Å². The van der Waals surface area contributed by atoms with E-state index in [1.165, 1.54) is 21.9 Å². The fourth-order valence-corrected chi connectivity index (χ4v) is 3.68. The highest BCUT2D eigenvalue weighted by molar-refractivity contribution is 6.15. The van der Waals surface area contributed by atoms with Crippen LogP contribution in [0.1, 0.15) is 5.69 Å². The second kappa shape index (κ2) is 4.68. The summed E-state index contributed by atoms with van der Waals surface area (Å²) in [5.41, 5.74) is 6.46. The molecule has 0 bridgehead atoms. The molecule has 0 aliphatic carbocycles. The summed E-state index contributed by atoms with van der Waals surface area (Å²) in [4.78, 5) is 3.39. The van der Waals surface area contributed by atoms with Gasteiger partial charge in [0.2, 0.25) is 0 Å². The van der Waals surface area contributed by atoms with Gasteiger partial charge in [0, 0.05) is 51.6 Å². The van der Waals surface area contributed by atoms with Gasteiger partial charge in [0.1, 0.15) is 0 Å². The third-order valence-electron chi connectivity index (χ3n) is 4.76. The molecular weight excluding hydrogens is 296 g/mol. The van der Waals surface area contributed by atoms with Gasteiger partial charge in [-0.25, -0.2) is 0 Å². The van der Waals surface area contributed by atoms with Gasteiger partial charge >= 0.3 is 0 Å². The second-order valence-corrected chi connectivity index (χ2v) is 6.23. The van der Waals surface area contributed by atoms with Crippen LogP contribution in [-0.4, -0.2) is 19.7 Å². The quantitative estimate of drug-likeness (QED) is 0.492. The van der Waals surface area contributed by atoms with Crippen LogP contribution < -0.4 is 0 Å². The zero-order chi connectivity index (χ0) is 16.3. The zero-order valence-corrected chi connectivity index (χ0v) is 13.5. The minimum Gasteiger partial charge on any atom is -0.350 e. The van der Waals surface area contributed by atoms with Crippen molar-refractivity contribution >= 4 is 32.8 Å². The third kappa shape index (κ3) is 1.68. The van der Waals surface area contributed by atoms with Crippen LogP contribution >= 0.6 is 0 Å². The number of nitrogens with zero attached hydrogens (tertiary/aromatic N) is 3. The van der Waals surface area contributed by atoms with Crippen molar-refractivity contribution in [2.75, 3.05) is 0 Å². The SMILES string of the molecule is Cc1nnc2[nH]c3ccccc3c2c1-c1cn(C)c2ccccc12. The van der Waals surface area contributed by atoms with Crippen molar-refractivity contribution in [2.45, 2.75) is 6.92 Å². The molecule has 5 rings (SSSR count). The van der Waals surface area contributed by atoms with Gasteiger partial charge in [0.05, 0.1) is 5.69 Å². The maximum absolute atomic E-state index is 4.40. The Bertz CT molecular complexity index is 1230. The summed E-state index contributed by atoms with van der Waals surface area (Å²) in [5.74, 6) is 0. The maximum Gasteiger partial charge on any atom is 0.161 e. The number of aryl methyl sites for hydroxylation is 2. The van der Waals surface area contributed by atoms with Crippen LogP contribution in [0, 0.1) is 6.92 Å². The maximum atomic E-state index is 4.40. The summed E-state index contributed by atoms with van der Waals surface area (Å²) < 4.78 is 2.17. The van der Waals surface area contributed by atoms with Crippen molar-refractivity contribution in [1.82, 2.24) is 19.7 Å². The number of fused-ring (bicyclic) bond motifs is 4. The average Bonchev–Trinajstić information content (AvgIpc) is 3.14. The van der Waals surface area contributed by atoms with Gasteiger partial charge in [-0.15, -0.1) is 5.10 Å². The molecule has 0 aliphatic heterocycles. The molecule has 5 aromatic rings. The van der Waals surface area contributed by atoms with Crippen LogP contribution in [0.3, 0.4) is 0 Å². The molecule has 0 unspecified atom stereocenters. The van der Waals surface area contributed by atoms with Gasteiger partial charge in [-0.1, -0.05) is 36.4 Å². The molecule has 0 saturated heterocycles. The van der Waals surface area contributed by atoms with E-state index in [0.29, 0.717) is 0 Å². The lowest BCUT2D eigenvalue weighted by molar-refractivity contribution is 0.968. The Morgan fingerprint density at radius 2 is 1.67 bits per heavy atom. The number of aromatic nitrogens is 4. The van der Waals surface area contributed by atoms with Crippen LogP contribution in [0.2, 0.25) is 0 Å². The molecule has 2 aromatic carbocycles. The zero-order valence-electron chi connectivity index (χ0n) is 13.5. The monoisotopic (exact) mass is 312 g/mol. The summed E-state index contributed by atoms with van der Waals surface area (Å²) in [5, 5.41) is 12.4.